The fraction of sp³-hybridized carbons (Fsp3) is 0.294. The van der Waals surface area contributed by atoms with Crippen LogP contribution in [0.3, 0.4) is 0 Å². The first-order valence-electron chi connectivity index (χ1n) is 7.27. The molecule has 3 rings (SSSR count). The summed E-state index contributed by atoms with van der Waals surface area (Å²) in [6.07, 6.45) is 0.540. The predicted molar refractivity (Wildman–Crippen MR) is 82.4 cm³/mol. The van der Waals surface area contributed by atoms with E-state index in [9.17, 15) is 9.59 Å². The van der Waals surface area contributed by atoms with Gasteiger partial charge in [0.05, 0.1) is 6.54 Å². The van der Waals surface area contributed by atoms with Gasteiger partial charge in [-0.15, -0.1) is 0 Å². The molecule has 5 heteroatoms. The van der Waals surface area contributed by atoms with Gasteiger partial charge in [0.1, 0.15) is 17.6 Å². The van der Waals surface area contributed by atoms with Crippen LogP contribution in [0.15, 0.2) is 40.8 Å². The summed E-state index contributed by atoms with van der Waals surface area (Å²) in [4.78, 5) is 26.0. The number of rotatable bonds is 3. The van der Waals surface area contributed by atoms with Gasteiger partial charge in [-0.2, -0.15) is 0 Å². The first-order valence-corrected chi connectivity index (χ1v) is 7.27. The number of hydrogen-bond donors (Lipinski definition) is 1. The largest absolute Gasteiger partial charge is 0.465 e. The van der Waals surface area contributed by atoms with Crippen LogP contribution in [0.25, 0.3) is 0 Å². The Morgan fingerprint density at radius 3 is 2.73 bits per heavy atom. The van der Waals surface area contributed by atoms with Gasteiger partial charge in [-0.1, -0.05) is 18.2 Å². The Hall–Kier alpha value is -2.56. The number of nitrogens with zero attached hydrogens (tertiary/aromatic N) is 1. The number of benzene rings is 1. The molecule has 0 unspecified atom stereocenters. The molecule has 0 fully saturated rings. The second kappa shape index (κ2) is 5.67. The van der Waals surface area contributed by atoms with Gasteiger partial charge in [0.15, 0.2) is 0 Å². The lowest BCUT2D eigenvalue weighted by molar-refractivity contribution is -0.125. The van der Waals surface area contributed by atoms with E-state index in [4.69, 9.17) is 4.42 Å². The number of carbonyl (C=O) groups is 2. The van der Waals surface area contributed by atoms with E-state index in [0.717, 1.165) is 17.0 Å². The summed E-state index contributed by atoms with van der Waals surface area (Å²) >= 11 is 0. The number of anilines is 1. The number of para-hydroxylation sites is 1. The molecule has 2 aromatic rings. The van der Waals surface area contributed by atoms with Crippen LogP contribution in [0.1, 0.15) is 24.0 Å². The number of aryl methyl sites for hydroxylation is 1. The number of amides is 2. The quantitative estimate of drug-likeness (QED) is 0.944. The zero-order valence-corrected chi connectivity index (χ0v) is 12.6. The summed E-state index contributed by atoms with van der Waals surface area (Å²) in [6, 6.07) is 10.8. The maximum Gasteiger partial charge on any atom is 0.243 e. The minimum Gasteiger partial charge on any atom is -0.465 e. The summed E-state index contributed by atoms with van der Waals surface area (Å²) in [5.74, 6) is 1.22. The van der Waals surface area contributed by atoms with Crippen LogP contribution < -0.4 is 10.2 Å². The minimum atomic E-state index is -0.494. The molecule has 22 heavy (non-hydrogen) atoms. The molecule has 0 saturated heterocycles. The van der Waals surface area contributed by atoms with Crippen LogP contribution in [0.4, 0.5) is 5.69 Å². The topological polar surface area (TPSA) is 62.6 Å². The summed E-state index contributed by atoms with van der Waals surface area (Å²) in [5, 5.41) is 2.85. The van der Waals surface area contributed by atoms with Crippen molar-refractivity contribution in [2.24, 2.45) is 0 Å². The first-order chi connectivity index (χ1) is 10.6. The average Bonchev–Trinajstić information content (AvgIpc) is 3.08. The molecule has 1 N–H and O–H groups in total. The van der Waals surface area contributed by atoms with Crippen LogP contribution in [-0.4, -0.2) is 17.9 Å². The Morgan fingerprint density at radius 1 is 1.27 bits per heavy atom. The van der Waals surface area contributed by atoms with Gasteiger partial charge in [0.2, 0.25) is 11.8 Å². The Morgan fingerprint density at radius 2 is 2.05 bits per heavy atom. The monoisotopic (exact) mass is 298 g/mol. The van der Waals surface area contributed by atoms with Gasteiger partial charge in [-0.25, -0.2) is 0 Å². The number of nitrogens with one attached hydrogen (secondary N) is 1. The fourth-order valence-electron chi connectivity index (χ4n) is 2.86. The minimum absolute atomic E-state index is 0.126. The number of furan rings is 1. The fourth-order valence-corrected chi connectivity index (χ4v) is 2.86. The molecule has 0 saturated carbocycles. The van der Waals surface area contributed by atoms with E-state index in [-0.39, 0.29) is 11.8 Å². The highest BCUT2D eigenvalue weighted by molar-refractivity contribution is 6.02. The van der Waals surface area contributed by atoms with Gasteiger partial charge in [0.25, 0.3) is 0 Å². The predicted octanol–water partition coefficient (Wildman–Crippen LogP) is 2.18. The third-order valence-corrected chi connectivity index (χ3v) is 3.85. The smallest absolute Gasteiger partial charge is 0.243 e. The maximum atomic E-state index is 12.5. The van der Waals surface area contributed by atoms with Crippen molar-refractivity contribution in [3.05, 3.63) is 53.5 Å². The van der Waals surface area contributed by atoms with Gasteiger partial charge >= 0.3 is 0 Å². The highest BCUT2D eigenvalue weighted by atomic mass is 16.3. The van der Waals surface area contributed by atoms with Gasteiger partial charge in [0, 0.05) is 19.0 Å². The highest BCUT2D eigenvalue weighted by Crippen LogP contribution is 2.32. The van der Waals surface area contributed by atoms with Crippen molar-refractivity contribution in [3.63, 3.8) is 0 Å². The van der Waals surface area contributed by atoms with Crippen molar-refractivity contribution in [2.45, 2.75) is 32.9 Å². The van der Waals surface area contributed by atoms with Gasteiger partial charge < -0.3 is 9.73 Å². The van der Waals surface area contributed by atoms with Crippen LogP contribution in [0.5, 0.6) is 0 Å². The number of carbonyl (C=O) groups excluding carboxylic acids is 2. The summed E-state index contributed by atoms with van der Waals surface area (Å²) in [7, 11) is 0. The van der Waals surface area contributed by atoms with Crippen LogP contribution >= 0.6 is 0 Å². The van der Waals surface area contributed by atoms with E-state index in [2.05, 4.69) is 5.32 Å². The summed E-state index contributed by atoms with van der Waals surface area (Å²) < 4.78 is 5.44. The normalized spacial score (nSPS) is 16.5. The van der Waals surface area contributed by atoms with E-state index in [0.29, 0.717) is 18.7 Å². The molecule has 1 aromatic carbocycles. The van der Waals surface area contributed by atoms with E-state index in [1.54, 1.807) is 4.90 Å². The number of hydrogen-bond acceptors (Lipinski definition) is 3. The molecule has 2 heterocycles. The zero-order chi connectivity index (χ0) is 15.7. The summed E-state index contributed by atoms with van der Waals surface area (Å²) in [6.45, 7) is 3.67. The van der Waals surface area contributed by atoms with Crippen molar-refractivity contribution >= 4 is 17.5 Å². The van der Waals surface area contributed by atoms with Crippen LogP contribution in [0.2, 0.25) is 0 Å². The average molecular weight is 298 g/mol. The van der Waals surface area contributed by atoms with Gasteiger partial charge in [-0.05, 0) is 30.7 Å². The Labute approximate surface area is 128 Å². The number of fused-ring (bicyclic) bond motifs is 1. The lowest BCUT2D eigenvalue weighted by Gasteiger charge is -2.23. The van der Waals surface area contributed by atoms with Crippen molar-refractivity contribution in [1.29, 1.82) is 0 Å². The van der Waals surface area contributed by atoms with Crippen LogP contribution in [0, 0.1) is 6.92 Å². The summed E-state index contributed by atoms with van der Waals surface area (Å²) in [5.41, 5.74) is 1.84. The van der Waals surface area contributed by atoms with Crippen molar-refractivity contribution in [3.8, 4) is 0 Å². The Balaban J connectivity index is 1.74. The molecule has 2 amide bonds. The third kappa shape index (κ3) is 2.62. The lowest BCUT2D eigenvalue weighted by Crippen LogP contribution is -2.47. The molecule has 0 spiro atoms. The second-order valence-corrected chi connectivity index (χ2v) is 5.47. The second-order valence-electron chi connectivity index (χ2n) is 5.47. The third-order valence-electron chi connectivity index (χ3n) is 3.85. The van der Waals surface area contributed by atoms with Gasteiger partial charge in [-0.3, -0.25) is 14.5 Å². The van der Waals surface area contributed by atoms with Crippen molar-refractivity contribution in [1.82, 2.24) is 5.32 Å². The van der Waals surface area contributed by atoms with E-state index < -0.39 is 6.04 Å². The standard InChI is InChI=1S/C17H18N2O3/c1-11-7-8-14(22-11)10-18-17(21)16-9-13-5-3-4-6-15(13)19(16)12(2)20/h3-8,16H,9-10H2,1-2H3,(H,18,21)/t16-/m0/s1. The van der Waals surface area contributed by atoms with E-state index >= 15 is 0 Å². The molecule has 1 atom stereocenters. The maximum absolute atomic E-state index is 12.5. The highest BCUT2D eigenvalue weighted by Gasteiger charge is 2.36. The molecular weight excluding hydrogens is 280 g/mol. The van der Waals surface area contributed by atoms with Crippen molar-refractivity contribution in [2.75, 3.05) is 4.90 Å². The Bertz CT molecular complexity index is 720. The van der Waals surface area contributed by atoms with Crippen molar-refractivity contribution < 1.29 is 14.0 Å². The SMILES string of the molecule is CC(=O)N1c2ccccc2C[C@H]1C(=O)NCc1ccc(C)o1. The first kappa shape index (κ1) is 14.4. The molecule has 0 aliphatic carbocycles. The molecule has 1 aromatic heterocycles. The molecule has 0 radical (unpaired) electrons. The van der Waals surface area contributed by atoms with Crippen LogP contribution in [-0.2, 0) is 22.6 Å². The van der Waals surface area contributed by atoms with E-state index in [1.807, 2.05) is 43.3 Å². The Kier molecular flexibility index (Phi) is 3.71. The molecule has 1 aliphatic heterocycles. The molecule has 1 aliphatic rings. The molecule has 114 valence electrons. The molecule has 0 bridgehead atoms. The molecule has 5 nitrogen and oxygen atoms in total. The molecular formula is C17H18N2O3. The zero-order valence-electron chi connectivity index (χ0n) is 12.6. The van der Waals surface area contributed by atoms with E-state index in [1.165, 1.54) is 6.92 Å². The lowest BCUT2D eigenvalue weighted by atomic mass is 10.1.